The van der Waals surface area contributed by atoms with Crippen molar-refractivity contribution in [3.63, 3.8) is 0 Å². The number of hydrogen-bond acceptors (Lipinski definition) is 4. The summed E-state index contributed by atoms with van der Waals surface area (Å²) in [6, 6.07) is 14.3. The van der Waals surface area contributed by atoms with Gasteiger partial charge in [-0.1, -0.05) is 30.3 Å². The van der Waals surface area contributed by atoms with Crippen molar-refractivity contribution < 1.29 is 9.53 Å². The van der Waals surface area contributed by atoms with E-state index in [0.29, 0.717) is 13.1 Å². The topological polar surface area (TPSA) is 54.5 Å². The van der Waals surface area contributed by atoms with Crippen molar-refractivity contribution >= 4 is 6.09 Å². The Hall–Kier alpha value is -2.40. The van der Waals surface area contributed by atoms with Gasteiger partial charge in [0.15, 0.2) is 0 Å². The zero-order chi connectivity index (χ0) is 18.3. The molecule has 1 unspecified atom stereocenters. The summed E-state index contributed by atoms with van der Waals surface area (Å²) < 4.78 is 5.38. The molecule has 25 heavy (non-hydrogen) atoms. The molecule has 2 rings (SSSR count). The van der Waals surface area contributed by atoms with Crippen LogP contribution >= 0.6 is 0 Å². The number of carbonyl (C=O) groups is 1. The fraction of sp³-hybridized carbons (Fsp3) is 0.400. The SMILES string of the molecule is CN(CCNC(c1ccccc1)c1ccncc1)C(=O)OC(C)(C)C. The molecule has 0 spiro atoms. The van der Waals surface area contributed by atoms with Gasteiger partial charge in [0.1, 0.15) is 5.60 Å². The lowest BCUT2D eigenvalue weighted by Crippen LogP contribution is -2.38. The van der Waals surface area contributed by atoms with Crippen LogP contribution in [0, 0.1) is 0 Å². The Bertz CT molecular complexity index is 614. The van der Waals surface area contributed by atoms with Crippen molar-refractivity contribution in [3.05, 3.63) is 66.0 Å². The number of carbonyl (C=O) groups excluding carboxylic acids is 1. The zero-order valence-electron chi connectivity index (χ0n) is 15.4. The molecule has 1 aromatic heterocycles. The molecule has 0 aliphatic rings. The quantitative estimate of drug-likeness (QED) is 0.872. The maximum absolute atomic E-state index is 12.0. The predicted molar refractivity (Wildman–Crippen MR) is 99.4 cm³/mol. The largest absolute Gasteiger partial charge is 0.444 e. The van der Waals surface area contributed by atoms with Crippen molar-refractivity contribution in [2.45, 2.75) is 32.4 Å². The maximum atomic E-state index is 12.0. The van der Waals surface area contributed by atoms with Crippen molar-refractivity contribution in [2.75, 3.05) is 20.1 Å². The van der Waals surface area contributed by atoms with E-state index in [4.69, 9.17) is 4.74 Å². The molecule has 0 aliphatic carbocycles. The molecule has 0 fully saturated rings. The molecule has 0 bridgehead atoms. The minimum absolute atomic E-state index is 0.0521. The Morgan fingerprint density at radius 1 is 1.12 bits per heavy atom. The van der Waals surface area contributed by atoms with Crippen LogP contribution in [0.4, 0.5) is 4.79 Å². The summed E-state index contributed by atoms with van der Waals surface area (Å²) in [4.78, 5) is 17.7. The van der Waals surface area contributed by atoms with Gasteiger partial charge in [0.05, 0.1) is 6.04 Å². The Labute approximate surface area is 150 Å². The lowest BCUT2D eigenvalue weighted by atomic mass is 10.00. The van der Waals surface area contributed by atoms with Gasteiger partial charge in [-0.25, -0.2) is 4.79 Å². The average molecular weight is 341 g/mol. The standard InChI is InChI=1S/C20H27N3O2/c1-20(2,3)25-19(24)23(4)15-14-22-18(16-8-6-5-7-9-16)17-10-12-21-13-11-17/h5-13,18,22H,14-15H2,1-4H3. The second-order valence-electron chi connectivity index (χ2n) is 6.98. The monoisotopic (exact) mass is 341 g/mol. The molecule has 1 atom stereocenters. The lowest BCUT2D eigenvalue weighted by Gasteiger charge is -2.26. The third-order valence-electron chi connectivity index (χ3n) is 3.67. The van der Waals surface area contributed by atoms with Crippen LogP contribution < -0.4 is 5.32 Å². The van der Waals surface area contributed by atoms with Gasteiger partial charge in [0.2, 0.25) is 0 Å². The summed E-state index contributed by atoms with van der Waals surface area (Å²) in [5.41, 5.74) is 1.83. The highest BCUT2D eigenvalue weighted by molar-refractivity contribution is 5.67. The van der Waals surface area contributed by atoms with Gasteiger partial charge in [-0.3, -0.25) is 4.98 Å². The number of nitrogens with zero attached hydrogens (tertiary/aromatic N) is 2. The number of nitrogens with one attached hydrogen (secondary N) is 1. The van der Waals surface area contributed by atoms with Crippen LogP contribution in [0.3, 0.4) is 0 Å². The second kappa shape index (κ2) is 8.62. The number of likely N-dealkylation sites (N-methyl/N-ethyl adjacent to an activating group) is 1. The summed E-state index contributed by atoms with van der Waals surface area (Å²) in [7, 11) is 1.75. The van der Waals surface area contributed by atoms with Gasteiger partial charge in [-0.05, 0) is 44.0 Å². The fourth-order valence-electron chi connectivity index (χ4n) is 2.44. The van der Waals surface area contributed by atoms with E-state index in [1.54, 1.807) is 24.3 Å². The normalized spacial score (nSPS) is 12.5. The van der Waals surface area contributed by atoms with Crippen LogP contribution in [0.2, 0.25) is 0 Å². The van der Waals surface area contributed by atoms with Crippen molar-refractivity contribution in [1.29, 1.82) is 0 Å². The van der Waals surface area contributed by atoms with Gasteiger partial charge < -0.3 is 15.0 Å². The Kier molecular flexibility index (Phi) is 6.53. The molecule has 1 aromatic carbocycles. The minimum Gasteiger partial charge on any atom is -0.444 e. The van der Waals surface area contributed by atoms with E-state index in [-0.39, 0.29) is 12.1 Å². The molecule has 0 aliphatic heterocycles. The van der Waals surface area contributed by atoms with E-state index in [1.807, 2.05) is 51.1 Å². The van der Waals surface area contributed by atoms with Crippen LogP contribution in [-0.2, 0) is 4.74 Å². The first kappa shape index (κ1) is 18.9. The van der Waals surface area contributed by atoms with Crippen LogP contribution in [0.5, 0.6) is 0 Å². The molecule has 5 nitrogen and oxygen atoms in total. The molecular formula is C20H27N3O2. The van der Waals surface area contributed by atoms with E-state index in [2.05, 4.69) is 22.4 Å². The van der Waals surface area contributed by atoms with Gasteiger partial charge in [0.25, 0.3) is 0 Å². The molecule has 5 heteroatoms. The second-order valence-corrected chi connectivity index (χ2v) is 6.98. The molecule has 2 aromatic rings. The molecular weight excluding hydrogens is 314 g/mol. The summed E-state index contributed by atoms with van der Waals surface area (Å²) in [5, 5.41) is 3.52. The van der Waals surface area contributed by atoms with Gasteiger partial charge >= 0.3 is 6.09 Å². The first-order valence-electron chi connectivity index (χ1n) is 8.49. The van der Waals surface area contributed by atoms with E-state index < -0.39 is 5.60 Å². The van der Waals surface area contributed by atoms with E-state index in [0.717, 1.165) is 5.56 Å². The van der Waals surface area contributed by atoms with E-state index in [9.17, 15) is 4.79 Å². The number of amides is 1. The first-order valence-corrected chi connectivity index (χ1v) is 8.49. The molecule has 1 heterocycles. The Morgan fingerprint density at radius 2 is 1.72 bits per heavy atom. The Balaban J connectivity index is 1.98. The summed E-state index contributed by atoms with van der Waals surface area (Å²) >= 11 is 0. The summed E-state index contributed by atoms with van der Waals surface area (Å²) in [6.45, 7) is 6.81. The summed E-state index contributed by atoms with van der Waals surface area (Å²) in [6.07, 6.45) is 3.27. The highest BCUT2D eigenvalue weighted by Gasteiger charge is 2.20. The van der Waals surface area contributed by atoms with Crippen molar-refractivity contribution in [2.24, 2.45) is 0 Å². The van der Waals surface area contributed by atoms with Crippen molar-refractivity contribution in [3.8, 4) is 0 Å². The highest BCUT2D eigenvalue weighted by Crippen LogP contribution is 2.21. The third-order valence-corrected chi connectivity index (χ3v) is 3.67. The molecule has 1 N–H and O–H groups in total. The van der Waals surface area contributed by atoms with Crippen LogP contribution in [0.25, 0.3) is 0 Å². The predicted octanol–water partition coefficient (Wildman–Crippen LogP) is 3.63. The smallest absolute Gasteiger partial charge is 0.410 e. The molecule has 134 valence electrons. The lowest BCUT2D eigenvalue weighted by molar-refractivity contribution is 0.0300. The Morgan fingerprint density at radius 3 is 2.32 bits per heavy atom. The third kappa shape index (κ3) is 6.19. The van der Waals surface area contributed by atoms with Crippen LogP contribution in [0.15, 0.2) is 54.9 Å². The van der Waals surface area contributed by atoms with Crippen molar-refractivity contribution in [1.82, 2.24) is 15.2 Å². The molecule has 1 amide bonds. The van der Waals surface area contributed by atoms with E-state index in [1.165, 1.54) is 5.56 Å². The number of ether oxygens (including phenoxy) is 1. The van der Waals surface area contributed by atoms with Gasteiger partial charge in [-0.15, -0.1) is 0 Å². The highest BCUT2D eigenvalue weighted by atomic mass is 16.6. The summed E-state index contributed by atoms with van der Waals surface area (Å²) in [5.74, 6) is 0. The number of pyridine rings is 1. The van der Waals surface area contributed by atoms with Crippen LogP contribution in [0.1, 0.15) is 37.9 Å². The average Bonchev–Trinajstić information content (AvgIpc) is 2.58. The van der Waals surface area contributed by atoms with Crippen LogP contribution in [-0.4, -0.2) is 41.7 Å². The number of hydrogen-bond donors (Lipinski definition) is 1. The molecule has 0 radical (unpaired) electrons. The molecule has 0 saturated heterocycles. The fourth-order valence-corrected chi connectivity index (χ4v) is 2.44. The number of rotatable bonds is 6. The maximum Gasteiger partial charge on any atom is 0.410 e. The minimum atomic E-state index is -0.484. The van der Waals surface area contributed by atoms with E-state index >= 15 is 0 Å². The zero-order valence-corrected chi connectivity index (χ0v) is 15.4. The number of aromatic nitrogens is 1. The van der Waals surface area contributed by atoms with Gasteiger partial charge in [0, 0.05) is 32.5 Å². The molecule has 0 saturated carbocycles. The first-order chi connectivity index (χ1) is 11.9. The van der Waals surface area contributed by atoms with Gasteiger partial charge in [-0.2, -0.15) is 0 Å². The number of benzene rings is 1.